The summed E-state index contributed by atoms with van der Waals surface area (Å²) in [6, 6.07) is 2.91. The lowest BCUT2D eigenvalue weighted by molar-refractivity contribution is -0.132. The third kappa shape index (κ3) is 5.01. The van der Waals surface area contributed by atoms with Gasteiger partial charge in [-0.1, -0.05) is 0 Å². The van der Waals surface area contributed by atoms with Gasteiger partial charge in [-0.3, -0.25) is 19.4 Å². The van der Waals surface area contributed by atoms with E-state index in [-0.39, 0.29) is 17.5 Å². The number of hydrogen-bond acceptors (Lipinski definition) is 4. The molecule has 0 aromatic heterocycles. The van der Waals surface area contributed by atoms with E-state index >= 15 is 0 Å². The number of likely N-dealkylation sites (tertiary alicyclic amines) is 1. The van der Waals surface area contributed by atoms with Crippen molar-refractivity contribution >= 4 is 17.5 Å². The summed E-state index contributed by atoms with van der Waals surface area (Å²) in [6.07, 6.45) is 2.17. The number of benzene rings is 1. The maximum Gasteiger partial charge on any atom is 0.241 e. The summed E-state index contributed by atoms with van der Waals surface area (Å²) in [4.78, 5) is 30.7. The Hall–Kier alpha value is -2.06. The third-order valence-corrected chi connectivity index (χ3v) is 5.34. The molecule has 2 aliphatic rings. The zero-order chi connectivity index (χ0) is 19.4. The van der Waals surface area contributed by atoms with E-state index in [2.05, 4.69) is 10.2 Å². The van der Waals surface area contributed by atoms with Gasteiger partial charge >= 0.3 is 0 Å². The van der Waals surface area contributed by atoms with Crippen LogP contribution in [0.25, 0.3) is 0 Å². The molecule has 1 unspecified atom stereocenters. The smallest absolute Gasteiger partial charge is 0.241 e. The molecule has 1 N–H and O–H groups in total. The standard InChI is InChI=1S/C19H26F2N4O2/c1-14(19(27)22-15-4-5-16(20)17(21)12-15)24-10-8-23(9-11-24)13-18(26)25-6-2-3-7-25/h4-5,12,14H,2-3,6-11,13H2,1H3,(H,22,27). The van der Waals surface area contributed by atoms with Gasteiger partial charge in [0.1, 0.15) is 0 Å². The molecular formula is C19H26F2N4O2. The predicted molar refractivity (Wildman–Crippen MR) is 98.3 cm³/mol. The highest BCUT2D eigenvalue weighted by molar-refractivity contribution is 5.94. The summed E-state index contributed by atoms with van der Waals surface area (Å²) in [5, 5.41) is 2.63. The highest BCUT2D eigenvalue weighted by Gasteiger charge is 2.28. The molecule has 0 radical (unpaired) electrons. The number of nitrogens with one attached hydrogen (secondary N) is 1. The van der Waals surface area contributed by atoms with Crippen LogP contribution in [0.1, 0.15) is 19.8 Å². The molecule has 1 atom stereocenters. The lowest BCUT2D eigenvalue weighted by atomic mass is 10.2. The fourth-order valence-electron chi connectivity index (χ4n) is 3.55. The molecule has 3 rings (SSSR count). The average molecular weight is 380 g/mol. The van der Waals surface area contributed by atoms with Crippen molar-refractivity contribution in [1.29, 1.82) is 0 Å². The minimum Gasteiger partial charge on any atom is -0.342 e. The molecule has 2 saturated heterocycles. The van der Waals surface area contributed by atoms with E-state index in [1.165, 1.54) is 6.07 Å². The maximum absolute atomic E-state index is 13.3. The molecule has 2 fully saturated rings. The second kappa shape index (κ2) is 8.75. The van der Waals surface area contributed by atoms with Crippen LogP contribution in [0.15, 0.2) is 18.2 Å². The first-order valence-corrected chi connectivity index (χ1v) is 9.44. The first-order chi connectivity index (χ1) is 12.9. The SMILES string of the molecule is CC(C(=O)Nc1ccc(F)c(F)c1)N1CCN(CC(=O)N2CCCC2)CC1. The second-order valence-corrected chi connectivity index (χ2v) is 7.19. The molecular weight excluding hydrogens is 354 g/mol. The number of carbonyl (C=O) groups excluding carboxylic acids is 2. The van der Waals surface area contributed by atoms with E-state index in [1.807, 2.05) is 9.80 Å². The molecule has 0 spiro atoms. The van der Waals surface area contributed by atoms with Gasteiger partial charge in [-0.25, -0.2) is 8.78 Å². The fraction of sp³-hybridized carbons (Fsp3) is 0.579. The fourth-order valence-corrected chi connectivity index (χ4v) is 3.55. The number of anilines is 1. The van der Waals surface area contributed by atoms with Crippen molar-refractivity contribution in [3.63, 3.8) is 0 Å². The van der Waals surface area contributed by atoms with Crippen molar-refractivity contribution in [1.82, 2.24) is 14.7 Å². The molecule has 1 aromatic rings. The summed E-state index contributed by atoms with van der Waals surface area (Å²) < 4.78 is 26.3. The van der Waals surface area contributed by atoms with Crippen molar-refractivity contribution in [3.8, 4) is 0 Å². The van der Waals surface area contributed by atoms with Crippen LogP contribution in [-0.4, -0.2) is 78.4 Å². The molecule has 2 amide bonds. The van der Waals surface area contributed by atoms with Crippen LogP contribution in [-0.2, 0) is 9.59 Å². The van der Waals surface area contributed by atoms with Gasteiger partial charge in [-0.15, -0.1) is 0 Å². The van der Waals surface area contributed by atoms with Crippen LogP contribution in [0.3, 0.4) is 0 Å². The first-order valence-electron chi connectivity index (χ1n) is 9.44. The van der Waals surface area contributed by atoms with Gasteiger partial charge < -0.3 is 10.2 Å². The van der Waals surface area contributed by atoms with Crippen molar-refractivity contribution in [2.24, 2.45) is 0 Å². The number of carbonyl (C=O) groups is 2. The van der Waals surface area contributed by atoms with Crippen LogP contribution in [0, 0.1) is 11.6 Å². The molecule has 148 valence electrons. The number of halogens is 2. The minimum absolute atomic E-state index is 0.185. The first kappa shape index (κ1) is 19.7. The second-order valence-electron chi connectivity index (χ2n) is 7.19. The summed E-state index contributed by atoms with van der Waals surface area (Å²) in [5.74, 6) is -2.01. The summed E-state index contributed by atoms with van der Waals surface area (Å²) in [5.41, 5.74) is 0.237. The number of amides is 2. The number of nitrogens with zero attached hydrogens (tertiary/aromatic N) is 3. The van der Waals surface area contributed by atoms with Crippen LogP contribution in [0.4, 0.5) is 14.5 Å². The molecule has 1 aromatic carbocycles. The van der Waals surface area contributed by atoms with Gasteiger partial charge in [-0.2, -0.15) is 0 Å². The molecule has 2 aliphatic heterocycles. The Morgan fingerprint density at radius 3 is 2.33 bits per heavy atom. The molecule has 8 heteroatoms. The van der Waals surface area contributed by atoms with Crippen molar-refractivity contribution in [2.75, 3.05) is 51.1 Å². The molecule has 0 saturated carbocycles. The summed E-state index contributed by atoms with van der Waals surface area (Å²) >= 11 is 0. The highest BCUT2D eigenvalue weighted by Crippen LogP contribution is 2.15. The Morgan fingerprint density at radius 1 is 1.04 bits per heavy atom. The Balaban J connectivity index is 1.45. The van der Waals surface area contributed by atoms with Crippen LogP contribution in [0.2, 0.25) is 0 Å². The lowest BCUT2D eigenvalue weighted by Gasteiger charge is -2.37. The van der Waals surface area contributed by atoms with E-state index in [1.54, 1.807) is 6.92 Å². The van der Waals surface area contributed by atoms with Gasteiger partial charge in [0.05, 0.1) is 12.6 Å². The van der Waals surface area contributed by atoms with Gasteiger partial charge in [0, 0.05) is 51.0 Å². The Labute approximate surface area is 158 Å². The Kier molecular flexibility index (Phi) is 6.38. The monoisotopic (exact) mass is 380 g/mol. The van der Waals surface area contributed by atoms with Gasteiger partial charge in [-0.05, 0) is 31.9 Å². The average Bonchev–Trinajstić information content (AvgIpc) is 3.20. The Morgan fingerprint density at radius 2 is 1.70 bits per heavy atom. The highest BCUT2D eigenvalue weighted by atomic mass is 19.2. The zero-order valence-corrected chi connectivity index (χ0v) is 15.6. The number of rotatable bonds is 5. The third-order valence-electron chi connectivity index (χ3n) is 5.34. The van der Waals surface area contributed by atoms with Crippen molar-refractivity contribution in [2.45, 2.75) is 25.8 Å². The van der Waals surface area contributed by atoms with E-state index in [9.17, 15) is 18.4 Å². The molecule has 0 aliphatic carbocycles. The van der Waals surface area contributed by atoms with Gasteiger partial charge in [0.25, 0.3) is 0 Å². The number of piperazine rings is 1. The quantitative estimate of drug-likeness (QED) is 0.842. The van der Waals surface area contributed by atoms with Gasteiger partial charge in [0.15, 0.2) is 11.6 Å². The van der Waals surface area contributed by atoms with Crippen molar-refractivity contribution < 1.29 is 18.4 Å². The topological polar surface area (TPSA) is 55.9 Å². The number of hydrogen-bond donors (Lipinski definition) is 1. The summed E-state index contributed by atoms with van der Waals surface area (Å²) in [6.45, 7) is 6.76. The molecule has 6 nitrogen and oxygen atoms in total. The van der Waals surface area contributed by atoms with E-state index < -0.39 is 17.7 Å². The van der Waals surface area contributed by atoms with Crippen molar-refractivity contribution in [3.05, 3.63) is 29.8 Å². The van der Waals surface area contributed by atoms with E-state index in [0.717, 1.165) is 51.2 Å². The van der Waals surface area contributed by atoms with Crippen LogP contribution < -0.4 is 5.32 Å². The van der Waals surface area contributed by atoms with Gasteiger partial charge in [0.2, 0.25) is 11.8 Å². The molecule has 2 heterocycles. The summed E-state index contributed by atoms with van der Waals surface area (Å²) in [7, 11) is 0. The largest absolute Gasteiger partial charge is 0.342 e. The predicted octanol–water partition coefficient (Wildman–Crippen LogP) is 1.53. The van der Waals surface area contributed by atoms with E-state index in [4.69, 9.17) is 0 Å². The minimum atomic E-state index is -0.989. The molecule has 0 bridgehead atoms. The van der Waals surface area contributed by atoms with E-state index in [0.29, 0.717) is 19.6 Å². The van der Waals surface area contributed by atoms with Crippen LogP contribution >= 0.6 is 0 Å². The zero-order valence-electron chi connectivity index (χ0n) is 15.6. The normalized spacial score (nSPS) is 19.9. The lowest BCUT2D eigenvalue weighted by Crippen LogP contribution is -2.54. The maximum atomic E-state index is 13.3. The van der Waals surface area contributed by atoms with Crippen LogP contribution in [0.5, 0.6) is 0 Å². The molecule has 27 heavy (non-hydrogen) atoms. The Bertz CT molecular complexity index is 686.